The highest BCUT2D eigenvalue weighted by atomic mass is 32.2. The molecule has 2 aromatic rings. The third-order valence-electron chi connectivity index (χ3n) is 3.98. The summed E-state index contributed by atoms with van der Waals surface area (Å²) in [4.78, 5) is 14.0. The lowest BCUT2D eigenvalue weighted by atomic mass is 10.1. The highest BCUT2D eigenvalue weighted by Crippen LogP contribution is 2.29. The quantitative estimate of drug-likeness (QED) is 0.868. The molecule has 1 heterocycles. The van der Waals surface area contributed by atoms with E-state index in [1.54, 1.807) is 24.3 Å². The lowest BCUT2D eigenvalue weighted by Gasteiger charge is -2.32. The number of nitrogens with zero attached hydrogens (tertiary/aromatic N) is 1. The van der Waals surface area contributed by atoms with Gasteiger partial charge in [0, 0.05) is 6.54 Å². The fourth-order valence-electron chi connectivity index (χ4n) is 2.81. The number of halogens is 1. The standard InChI is InChI=1S/C17H16FNO3S/c18-14-9-4-5-10-15(14)19-12-6-11-16(17(19)20)23(21,22)13-7-2-1-3-8-13/h1-5,7-10,16H,6,11-12H2. The summed E-state index contributed by atoms with van der Waals surface area (Å²) in [6.07, 6.45) is 0.762. The van der Waals surface area contributed by atoms with Gasteiger partial charge in [-0.1, -0.05) is 30.3 Å². The van der Waals surface area contributed by atoms with Gasteiger partial charge in [-0.2, -0.15) is 0 Å². The number of piperidine rings is 1. The van der Waals surface area contributed by atoms with Crippen LogP contribution in [0.5, 0.6) is 0 Å². The Bertz CT molecular complexity index is 821. The number of para-hydroxylation sites is 1. The Labute approximate surface area is 134 Å². The van der Waals surface area contributed by atoms with Gasteiger partial charge in [0.25, 0.3) is 0 Å². The highest BCUT2D eigenvalue weighted by molar-refractivity contribution is 7.92. The first-order valence-electron chi connectivity index (χ1n) is 7.36. The van der Waals surface area contributed by atoms with Crippen LogP contribution in [0.2, 0.25) is 0 Å². The molecule has 1 aliphatic rings. The zero-order valence-corrected chi connectivity index (χ0v) is 13.2. The number of hydrogen-bond donors (Lipinski definition) is 0. The van der Waals surface area contributed by atoms with Gasteiger partial charge in [-0.15, -0.1) is 0 Å². The Balaban J connectivity index is 1.96. The van der Waals surface area contributed by atoms with Crippen LogP contribution in [-0.2, 0) is 14.6 Å². The van der Waals surface area contributed by atoms with E-state index in [9.17, 15) is 17.6 Å². The number of hydrogen-bond acceptors (Lipinski definition) is 3. The molecule has 0 bridgehead atoms. The summed E-state index contributed by atoms with van der Waals surface area (Å²) in [6.45, 7) is 0.320. The SMILES string of the molecule is O=C1C(S(=O)(=O)c2ccccc2)CCCN1c1ccccc1F. The summed E-state index contributed by atoms with van der Waals surface area (Å²) in [5.74, 6) is -1.09. The van der Waals surface area contributed by atoms with Crippen LogP contribution in [0.15, 0.2) is 59.5 Å². The monoisotopic (exact) mass is 333 g/mol. The van der Waals surface area contributed by atoms with Crippen molar-refractivity contribution in [1.29, 1.82) is 0 Å². The molecule has 2 aromatic carbocycles. The fourth-order valence-corrected chi connectivity index (χ4v) is 4.55. The smallest absolute Gasteiger partial charge is 0.245 e. The summed E-state index contributed by atoms with van der Waals surface area (Å²) >= 11 is 0. The molecule has 1 saturated heterocycles. The van der Waals surface area contributed by atoms with Crippen molar-refractivity contribution < 1.29 is 17.6 Å². The molecule has 6 heteroatoms. The minimum absolute atomic E-state index is 0.119. The topological polar surface area (TPSA) is 54.5 Å². The van der Waals surface area contributed by atoms with Crippen molar-refractivity contribution in [3.8, 4) is 0 Å². The second-order valence-corrected chi connectivity index (χ2v) is 7.56. The third-order valence-corrected chi connectivity index (χ3v) is 6.09. The van der Waals surface area contributed by atoms with Gasteiger partial charge in [-0.3, -0.25) is 4.79 Å². The molecule has 1 atom stereocenters. The van der Waals surface area contributed by atoms with Gasteiger partial charge in [0.2, 0.25) is 5.91 Å². The number of anilines is 1. The van der Waals surface area contributed by atoms with Crippen LogP contribution in [0.4, 0.5) is 10.1 Å². The van der Waals surface area contributed by atoms with Crippen molar-refractivity contribution >= 4 is 21.4 Å². The Morgan fingerprint density at radius 3 is 2.35 bits per heavy atom. The molecular weight excluding hydrogens is 317 g/mol. The van der Waals surface area contributed by atoms with E-state index >= 15 is 0 Å². The number of amides is 1. The largest absolute Gasteiger partial charge is 0.309 e. The molecule has 1 fully saturated rings. The molecule has 1 amide bonds. The highest BCUT2D eigenvalue weighted by Gasteiger charge is 2.40. The molecule has 0 saturated carbocycles. The molecule has 23 heavy (non-hydrogen) atoms. The number of carbonyl (C=O) groups excluding carboxylic acids is 1. The van der Waals surface area contributed by atoms with Crippen LogP contribution >= 0.6 is 0 Å². The first-order valence-corrected chi connectivity index (χ1v) is 8.91. The van der Waals surface area contributed by atoms with Gasteiger partial charge < -0.3 is 4.90 Å². The maximum absolute atomic E-state index is 14.0. The number of carbonyl (C=O) groups is 1. The summed E-state index contributed by atoms with van der Waals surface area (Å²) < 4.78 is 39.4. The molecule has 0 aliphatic carbocycles. The molecular formula is C17H16FNO3S. The van der Waals surface area contributed by atoms with Crippen LogP contribution in [0.1, 0.15) is 12.8 Å². The minimum atomic E-state index is -3.78. The number of sulfone groups is 1. The molecule has 1 unspecified atom stereocenters. The van der Waals surface area contributed by atoms with Crippen LogP contribution in [-0.4, -0.2) is 26.1 Å². The average molecular weight is 333 g/mol. The van der Waals surface area contributed by atoms with Crippen LogP contribution in [0, 0.1) is 5.82 Å². The molecule has 3 rings (SSSR count). The number of benzene rings is 2. The summed E-state index contributed by atoms with van der Waals surface area (Å²) in [7, 11) is -3.78. The van der Waals surface area contributed by atoms with E-state index in [0.717, 1.165) is 0 Å². The summed E-state index contributed by atoms with van der Waals surface area (Å²) in [6, 6.07) is 13.8. The predicted molar refractivity (Wildman–Crippen MR) is 85.4 cm³/mol. The van der Waals surface area contributed by atoms with E-state index in [4.69, 9.17) is 0 Å². The zero-order chi connectivity index (χ0) is 16.4. The Morgan fingerprint density at radius 2 is 1.65 bits per heavy atom. The van der Waals surface area contributed by atoms with Crippen molar-refractivity contribution in [1.82, 2.24) is 0 Å². The van der Waals surface area contributed by atoms with Gasteiger partial charge in [0.15, 0.2) is 9.84 Å². The molecule has 120 valence electrons. The summed E-state index contributed by atoms with van der Waals surface area (Å²) in [5.41, 5.74) is 0.130. The van der Waals surface area contributed by atoms with Crippen molar-refractivity contribution in [2.45, 2.75) is 23.0 Å². The van der Waals surface area contributed by atoms with Crippen LogP contribution in [0.3, 0.4) is 0 Å². The van der Waals surface area contributed by atoms with Crippen molar-refractivity contribution in [3.63, 3.8) is 0 Å². The predicted octanol–water partition coefficient (Wildman–Crippen LogP) is 2.80. The van der Waals surface area contributed by atoms with Gasteiger partial charge in [-0.25, -0.2) is 12.8 Å². The Hall–Kier alpha value is -2.21. The fraction of sp³-hybridized carbons (Fsp3) is 0.235. The minimum Gasteiger partial charge on any atom is -0.309 e. The van der Waals surface area contributed by atoms with E-state index < -0.39 is 26.8 Å². The van der Waals surface area contributed by atoms with E-state index in [-0.39, 0.29) is 17.0 Å². The molecule has 1 aliphatic heterocycles. The van der Waals surface area contributed by atoms with Crippen LogP contribution in [0.25, 0.3) is 0 Å². The van der Waals surface area contributed by atoms with E-state index in [2.05, 4.69) is 0 Å². The summed E-state index contributed by atoms with van der Waals surface area (Å²) in [5, 5.41) is -1.17. The van der Waals surface area contributed by atoms with Crippen molar-refractivity contribution in [2.24, 2.45) is 0 Å². The molecule has 0 radical (unpaired) electrons. The average Bonchev–Trinajstić information content (AvgIpc) is 2.56. The normalized spacial score (nSPS) is 18.9. The lowest BCUT2D eigenvalue weighted by Crippen LogP contribution is -2.48. The van der Waals surface area contributed by atoms with Crippen molar-refractivity contribution in [3.05, 3.63) is 60.4 Å². The van der Waals surface area contributed by atoms with Gasteiger partial charge in [-0.05, 0) is 37.1 Å². The molecule has 4 nitrogen and oxygen atoms in total. The maximum Gasteiger partial charge on any atom is 0.245 e. The van der Waals surface area contributed by atoms with Gasteiger partial charge in [0.1, 0.15) is 11.1 Å². The van der Waals surface area contributed by atoms with Crippen molar-refractivity contribution in [2.75, 3.05) is 11.4 Å². The number of rotatable bonds is 3. The second-order valence-electron chi connectivity index (χ2n) is 5.43. The van der Waals surface area contributed by atoms with Gasteiger partial charge in [0.05, 0.1) is 10.6 Å². The molecule has 0 spiro atoms. The lowest BCUT2D eigenvalue weighted by molar-refractivity contribution is -0.119. The van der Waals surface area contributed by atoms with Gasteiger partial charge >= 0.3 is 0 Å². The Morgan fingerprint density at radius 1 is 1.00 bits per heavy atom. The zero-order valence-electron chi connectivity index (χ0n) is 12.4. The van der Waals surface area contributed by atoms with E-state index in [0.29, 0.717) is 13.0 Å². The first kappa shape index (κ1) is 15.7. The molecule has 0 aromatic heterocycles. The Kier molecular flexibility index (Phi) is 4.17. The molecule has 0 N–H and O–H groups in total. The first-order chi connectivity index (χ1) is 11.0. The van der Waals surface area contributed by atoms with E-state index in [1.807, 2.05) is 0 Å². The second kappa shape index (κ2) is 6.12. The van der Waals surface area contributed by atoms with E-state index in [1.165, 1.54) is 35.2 Å². The van der Waals surface area contributed by atoms with Crippen LogP contribution < -0.4 is 4.90 Å². The maximum atomic E-state index is 14.0. The third kappa shape index (κ3) is 2.86.